The first-order valence-corrected chi connectivity index (χ1v) is 11.3. The lowest BCUT2D eigenvalue weighted by Crippen LogP contribution is -2.15. The minimum Gasteiger partial charge on any atom is -0.492 e. The Hall–Kier alpha value is -3.31. The number of nitrogens with one attached hydrogen (secondary N) is 1. The van der Waals surface area contributed by atoms with Crippen LogP contribution in [0.1, 0.15) is 18.1 Å². The van der Waals surface area contributed by atoms with Crippen molar-refractivity contribution in [2.45, 2.75) is 18.4 Å². The molecule has 0 aliphatic rings. The Labute approximate surface area is 186 Å². The molecule has 4 aromatic rings. The molecule has 0 saturated carbocycles. The standard InChI is InChI=1S/C26H24N2O2S/c1-2-30-24-15-9-8-14-23(24)27-25(29)18-31-26-21(16-19-10-4-3-5-11-19)17-20-12-6-7-13-22(20)28-26/h3-15,17H,2,16,18H2,1H3,(H,27,29). The Balaban J connectivity index is 1.53. The first-order valence-electron chi connectivity index (χ1n) is 10.3. The molecule has 1 N–H and O–H groups in total. The van der Waals surface area contributed by atoms with E-state index in [4.69, 9.17) is 9.72 Å². The van der Waals surface area contributed by atoms with E-state index in [0.717, 1.165) is 27.9 Å². The zero-order chi connectivity index (χ0) is 21.5. The molecule has 0 atom stereocenters. The maximum atomic E-state index is 12.7. The van der Waals surface area contributed by atoms with E-state index in [1.165, 1.54) is 17.3 Å². The summed E-state index contributed by atoms with van der Waals surface area (Å²) in [5.74, 6) is 0.864. The van der Waals surface area contributed by atoms with Gasteiger partial charge >= 0.3 is 0 Å². The summed E-state index contributed by atoms with van der Waals surface area (Å²) in [5.41, 5.74) is 3.96. The van der Waals surface area contributed by atoms with Gasteiger partial charge in [-0.05, 0) is 42.3 Å². The van der Waals surface area contributed by atoms with Crippen molar-refractivity contribution in [3.63, 3.8) is 0 Å². The van der Waals surface area contributed by atoms with Crippen molar-refractivity contribution in [3.8, 4) is 5.75 Å². The van der Waals surface area contributed by atoms with E-state index in [9.17, 15) is 4.79 Å². The van der Waals surface area contributed by atoms with E-state index in [-0.39, 0.29) is 11.7 Å². The summed E-state index contributed by atoms with van der Waals surface area (Å²) in [7, 11) is 0. The van der Waals surface area contributed by atoms with Gasteiger partial charge in [0.2, 0.25) is 5.91 Å². The van der Waals surface area contributed by atoms with Gasteiger partial charge in [-0.25, -0.2) is 4.98 Å². The van der Waals surface area contributed by atoms with Crippen LogP contribution in [0.5, 0.6) is 5.75 Å². The van der Waals surface area contributed by atoms with E-state index in [1.807, 2.05) is 67.6 Å². The molecule has 0 bridgehead atoms. The highest BCUT2D eigenvalue weighted by Gasteiger charge is 2.13. The molecule has 0 spiro atoms. The van der Waals surface area contributed by atoms with Crippen molar-refractivity contribution in [1.82, 2.24) is 4.98 Å². The number of benzene rings is 3. The number of amides is 1. The SMILES string of the molecule is CCOc1ccccc1NC(=O)CSc1nc2ccccc2cc1Cc1ccccc1. The first-order chi connectivity index (χ1) is 15.2. The average molecular weight is 429 g/mol. The van der Waals surface area contributed by atoms with Gasteiger partial charge < -0.3 is 10.1 Å². The number of carbonyl (C=O) groups excluding carboxylic acids is 1. The molecule has 0 unspecified atom stereocenters. The van der Waals surface area contributed by atoms with Gasteiger partial charge in [0.05, 0.1) is 23.6 Å². The fourth-order valence-electron chi connectivity index (χ4n) is 3.38. The number of carbonyl (C=O) groups is 1. The zero-order valence-corrected chi connectivity index (χ0v) is 18.2. The van der Waals surface area contributed by atoms with Crippen molar-refractivity contribution >= 4 is 34.3 Å². The fraction of sp³-hybridized carbons (Fsp3) is 0.154. The van der Waals surface area contributed by atoms with Gasteiger partial charge in [-0.2, -0.15) is 0 Å². The van der Waals surface area contributed by atoms with Crippen LogP contribution in [-0.4, -0.2) is 23.3 Å². The highest BCUT2D eigenvalue weighted by molar-refractivity contribution is 8.00. The summed E-state index contributed by atoms with van der Waals surface area (Å²) < 4.78 is 5.60. The number of hydrogen-bond acceptors (Lipinski definition) is 4. The molecular formula is C26H24N2O2S. The topological polar surface area (TPSA) is 51.2 Å². The summed E-state index contributed by atoms with van der Waals surface area (Å²) in [6.07, 6.45) is 0.774. The number of ether oxygens (including phenoxy) is 1. The Kier molecular flexibility index (Phi) is 6.85. The molecule has 31 heavy (non-hydrogen) atoms. The lowest BCUT2D eigenvalue weighted by Gasteiger charge is -2.13. The van der Waals surface area contributed by atoms with Gasteiger partial charge in [0.1, 0.15) is 10.8 Å². The summed E-state index contributed by atoms with van der Waals surface area (Å²) in [6.45, 7) is 2.47. The summed E-state index contributed by atoms with van der Waals surface area (Å²) in [4.78, 5) is 17.5. The van der Waals surface area contributed by atoms with Crippen LogP contribution in [0.3, 0.4) is 0 Å². The van der Waals surface area contributed by atoms with E-state index in [2.05, 4.69) is 29.6 Å². The second-order valence-corrected chi connectivity index (χ2v) is 8.04. The number of thioether (sulfide) groups is 1. The smallest absolute Gasteiger partial charge is 0.234 e. The summed E-state index contributed by atoms with van der Waals surface area (Å²) in [5, 5.41) is 4.95. The predicted molar refractivity (Wildman–Crippen MR) is 128 cm³/mol. The minimum atomic E-state index is -0.0854. The van der Waals surface area contributed by atoms with Crippen LogP contribution >= 0.6 is 11.8 Å². The molecule has 0 radical (unpaired) electrons. The molecule has 0 aliphatic heterocycles. The second-order valence-electron chi connectivity index (χ2n) is 7.07. The van der Waals surface area contributed by atoms with Crippen molar-refractivity contribution in [2.75, 3.05) is 17.7 Å². The van der Waals surface area contributed by atoms with Crippen molar-refractivity contribution < 1.29 is 9.53 Å². The Morgan fingerprint density at radius 1 is 0.968 bits per heavy atom. The molecule has 156 valence electrons. The van der Waals surface area contributed by atoms with Gasteiger partial charge in [-0.1, -0.05) is 72.4 Å². The molecule has 4 nitrogen and oxygen atoms in total. The molecule has 0 fully saturated rings. The quantitative estimate of drug-likeness (QED) is 0.352. The number of anilines is 1. The van der Waals surface area contributed by atoms with Gasteiger partial charge in [0.15, 0.2) is 0 Å². The number of rotatable bonds is 8. The number of aromatic nitrogens is 1. The van der Waals surface area contributed by atoms with Crippen LogP contribution in [0.25, 0.3) is 10.9 Å². The maximum Gasteiger partial charge on any atom is 0.234 e. The number of fused-ring (bicyclic) bond motifs is 1. The molecule has 0 saturated heterocycles. The lowest BCUT2D eigenvalue weighted by atomic mass is 10.0. The Bertz CT molecular complexity index is 1180. The van der Waals surface area contributed by atoms with Crippen LogP contribution in [0.4, 0.5) is 5.69 Å². The molecule has 4 rings (SSSR count). The van der Waals surface area contributed by atoms with Crippen LogP contribution in [-0.2, 0) is 11.2 Å². The lowest BCUT2D eigenvalue weighted by molar-refractivity contribution is -0.113. The first kappa shape index (κ1) is 20.9. The predicted octanol–water partition coefficient (Wildman–Crippen LogP) is 5.96. The number of hydrogen-bond donors (Lipinski definition) is 1. The van der Waals surface area contributed by atoms with Crippen molar-refractivity contribution in [3.05, 3.63) is 96.1 Å². The molecule has 1 heterocycles. The summed E-state index contributed by atoms with van der Waals surface area (Å²) >= 11 is 1.46. The number of nitrogens with zero attached hydrogens (tertiary/aromatic N) is 1. The molecular weight excluding hydrogens is 404 g/mol. The summed E-state index contributed by atoms with van der Waals surface area (Å²) in [6, 6.07) is 28.1. The van der Waals surface area contributed by atoms with Gasteiger partial charge in [-0.15, -0.1) is 0 Å². The largest absolute Gasteiger partial charge is 0.492 e. The second kappa shape index (κ2) is 10.1. The van der Waals surface area contributed by atoms with E-state index in [1.54, 1.807) is 0 Å². The number of pyridine rings is 1. The Morgan fingerprint density at radius 3 is 2.55 bits per heavy atom. The average Bonchev–Trinajstić information content (AvgIpc) is 2.80. The van der Waals surface area contributed by atoms with Crippen LogP contribution in [0.2, 0.25) is 0 Å². The van der Waals surface area contributed by atoms with Crippen LogP contribution in [0, 0.1) is 0 Å². The molecule has 3 aromatic carbocycles. The van der Waals surface area contributed by atoms with Crippen molar-refractivity contribution in [2.24, 2.45) is 0 Å². The van der Waals surface area contributed by atoms with Gasteiger partial charge in [0, 0.05) is 11.8 Å². The van der Waals surface area contributed by atoms with Crippen LogP contribution in [0.15, 0.2) is 90.0 Å². The van der Waals surface area contributed by atoms with E-state index >= 15 is 0 Å². The monoisotopic (exact) mass is 428 g/mol. The highest BCUT2D eigenvalue weighted by atomic mass is 32.2. The molecule has 1 aromatic heterocycles. The van der Waals surface area contributed by atoms with Gasteiger partial charge in [0.25, 0.3) is 0 Å². The van der Waals surface area contributed by atoms with Crippen LogP contribution < -0.4 is 10.1 Å². The third-order valence-electron chi connectivity index (χ3n) is 4.80. The zero-order valence-electron chi connectivity index (χ0n) is 17.4. The van der Waals surface area contributed by atoms with E-state index < -0.39 is 0 Å². The Morgan fingerprint density at radius 2 is 1.71 bits per heavy atom. The van der Waals surface area contributed by atoms with E-state index in [0.29, 0.717) is 18.0 Å². The highest BCUT2D eigenvalue weighted by Crippen LogP contribution is 2.28. The number of para-hydroxylation sites is 3. The fourth-order valence-corrected chi connectivity index (χ4v) is 4.20. The minimum absolute atomic E-state index is 0.0854. The third kappa shape index (κ3) is 5.44. The molecule has 1 amide bonds. The molecule has 0 aliphatic carbocycles. The maximum absolute atomic E-state index is 12.7. The third-order valence-corrected chi connectivity index (χ3v) is 5.83. The molecule has 5 heteroatoms. The van der Waals surface area contributed by atoms with Gasteiger partial charge in [-0.3, -0.25) is 4.79 Å². The normalized spacial score (nSPS) is 10.7. The van der Waals surface area contributed by atoms with Crippen molar-refractivity contribution in [1.29, 1.82) is 0 Å².